The molecule has 0 fully saturated rings. The highest BCUT2D eigenvalue weighted by Gasteiger charge is 2.18. The van der Waals surface area contributed by atoms with Gasteiger partial charge in [0.2, 0.25) is 0 Å². The van der Waals surface area contributed by atoms with E-state index in [0.29, 0.717) is 11.5 Å². The highest BCUT2D eigenvalue weighted by molar-refractivity contribution is 5.90. The summed E-state index contributed by atoms with van der Waals surface area (Å²) in [6.07, 6.45) is 0. The standard InChI is InChI=1S/C12H15N5O3/c1-7(13-12(18)11-14-16-17-15-11)9-6-8(19-2)4-5-10(9)20-3/h4-7H,1-3H3,(H,13,18)(H,14,15,16,17). The fraction of sp³-hybridized carbons (Fsp3) is 0.333. The zero-order valence-corrected chi connectivity index (χ0v) is 11.4. The molecule has 1 atom stereocenters. The van der Waals surface area contributed by atoms with E-state index in [4.69, 9.17) is 9.47 Å². The van der Waals surface area contributed by atoms with Gasteiger partial charge in [0.1, 0.15) is 11.5 Å². The van der Waals surface area contributed by atoms with Gasteiger partial charge in [0.15, 0.2) is 0 Å². The first-order valence-electron chi connectivity index (χ1n) is 5.92. The van der Waals surface area contributed by atoms with Crippen molar-refractivity contribution in [2.45, 2.75) is 13.0 Å². The van der Waals surface area contributed by atoms with Gasteiger partial charge in [-0.2, -0.15) is 5.21 Å². The minimum atomic E-state index is -0.420. The van der Waals surface area contributed by atoms with Crippen LogP contribution in [-0.4, -0.2) is 40.8 Å². The molecule has 0 aliphatic rings. The number of nitrogens with one attached hydrogen (secondary N) is 2. The molecular formula is C12H15N5O3. The van der Waals surface area contributed by atoms with Crippen LogP contribution in [0.1, 0.15) is 29.1 Å². The number of hydrogen-bond acceptors (Lipinski definition) is 6. The number of methoxy groups -OCH3 is 2. The molecule has 0 aliphatic heterocycles. The second-order valence-corrected chi connectivity index (χ2v) is 4.04. The van der Waals surface area contributed by atoms with Crippen molar-refractivity contribution in [2.75, 3.05) is 14.2 Å². The quantitative estimate of drug-likeness (QED) is 0.834. The minimum absolute atomic E-state index is 0.0151. The van der Waals surface area contributed by atoms with E-state index in [2.05, 4.69) is 25.9 Å². The Hall–Kier alpha value is -2.64. The molecule has 1 heterocycles. The van der Waals surface area contributed by atoms with Crippen molar-refractivity contribution >= 4 is 5.91 Å². The molecule has 1 amide bonds. The summed E-state index contributed by atoms with van der Waals surface area (Å²) in [6.45, 7) is 1.83. The maximum Gasteiger partial charge on any atom is 0.293 e. The first-order chi connectivity index (χ1) is 9.65. The molecule has 1 aromatic heterocycles. The zero-order valence-electron chi connectivity index (χ0n) is 11.4. The van der Waals surface area contributed by atoms with Gasteiger partial charge < -0.3 is 14.8 Å². The lowest BCUT2D eigenvalue weighted by atomic mass is 10.1. The summed E-state index contributed by atoms with van der Waals surface area (Å²) in [5.41, 5.74) is 0.795. The normalized spacial score (nSPS) is 11.8. The van der Waals surface area contributed by atoms with Crippen LogP contribution in [-0.2, 0) is 0 Å². The van der Waals surface area contributed by atoms with Crippen LogP contribution in [0.25, 0.3) is 0 Å². The number of H-pyrrole nitrogens is 1. The average Bonchev–Trinajstić information content (AvgIpc) is 3.00. The molecular weight excluding hydrogens is 262 g/mol. The molecule has 0 saturated heterocycles. The van der Waals surface area contributed by atoms with Crippen LogP contribution in [0.5, 0.6) is 11.5 Å². The Morgan fingerprint density at radius 3 is 2.75 bits per heavy atom. The van der Waals surface area contributed by atoms with Crippen LogP contribution >= 0.6 is 0 Å². The lowest BCUT2D eigenvalue weighted by molar-refractivity contribution is 0.0929. The summed E-state index contributed by atoms with van der Waals surface area (Å²) in [5.74, 6) is 0.906. The lowest BCUT2D eigenvalue weighted by Crippen LogP contribution is -2.28. The van der Waals surface area contributed by atoms with Crippen molar-refractivity contribution in [3.05, 3.63) is 29.6 Å². The average molecular weight is 277 g/mol. The summed E-state index contributed by atoms with van der Waals surface area (Å²) in [5, 5.41) is 15.6. The van der Waals surface area contributed by atoms with Crippen LogP contribution in [0.2, 0.25) is 0 Å². The van der Waals surface area contributed by atoms with Crippen LogP contribution in [0.4, 0.5) is 0 Å². The fourth-order valence-corrected chi connectivity index (χ4v) is 1.77. The largest absolute Gasteiger partial charge is 0.497 e. The Bertz CT molecular complexity index is 585. The molecule has 0 bridgehead atoms. The Balaban J connectivity index is 2.19. The topological polar surface area (TPSA) is 102 Å². The number of aromatic amines is 1. The van der Waals surface area contributed by atoms with Crippen molar-refractivity contribution in [1.82, 2.24) is 25.9 Å². The second-order valence-electron chi connectivity index (χ2n) is 4.04. The molecule has 0 spiro atoms. The Morgan fingerprint density at radius 2 is 2.15 bits per heavy atom. The number of nitrogens with zero attached hydrogens (tertiary/aromatic N) is 3. The predicted octanol–water partition coefficient (Wildman–Crippen LogP) is 0.708. The Morgan fingerprint density at radius 1 is 1.35 bits per heavy atom. The van der Waals surface area contributed by atoms with Crippen molar-refractivity contribution in [1.29, 1.82) is 0 Å². The SMILES string of the molecule is COc1ccc(OC)c(C(C)NC(=O)c2nn[nH]n2)c1. The van der Waals surface area contributed by atoms with E-state index in [1.54, 1.807) is 32.4 Å². The van der Waals surface area contributed by atoms with E-state index in [1.807, 2.05) is 6.92 Å². The molecule has 8 nitrogen and oxygen atoms in total. The summed E-state index contributed by atoms with van der Waals surface area (Å²) in [7, 11) is 3.15. The van der Waals surface area contributed by atoms with Crippen molar-refractivity contribution in [3.8, 4) is 11.5 Å². The summed E-state index contributed by atoms with van der Waals surface area (Å²) in [6, 6.07) is 5.08. The highest BCUT2D eigenvalue weighted by atomic mass is 16.5. The molecule has 8 heteroatoms. The van der Waals surface area contributed by atoms with E-state index in [1.165, 1.54) is 0 Å². The van der Waals surface area contributed by atoms with E-state index >= 15 is 0 Å². The minimum Gasteiger partial charge on any atom is -0.497 e. The molecule has 2 rings (SSSR count). The Labute approximate surface area is 115 Å². The highest BCUT2D eigenvalue weighted by Crippen LogP contribution is 2.29. The molecule has 0 radical (unpaired) electrons. The van der Waals surface area contributed by atoms with Crippen LogP contribution in [0.3, 0.4) is 0 Å². The number of aromatic nitrogens is 4. The monoisotopic (exact) mass is 277 g/mol. The molecule has 2 aromatic rings. The maximum absolute atomic E-state index is 11.9. The summed E-state index contributed by atoms with van der Waals surface area (Å²) >= 11 is 0. The lowest BCUT2D eigenvalue weighted by Gasteiger charge is -2.17. The van der Waals surface area contributed by atoms with Crippen molar-refractivity contribution in [3.63, 3.8) is 0 Å². The van der Waals surface area contributed by atoms with Gasteiger partial charge in [0.25, 0.3) is 11.7 Å². The van der Waals surface area contributed by atoms with Gasteiger partial charge in [0, 0.05) is 5.56 Å². The number of rotatable bonds is 5. The van der Waals surface area contributed by atoms with Gasteiger partial charge in [0.05, 0.1) is 20.3 Å². The van der Waals surface area contributed by atoms with E-state index in [-0.39, 0.29) is 11.9 Å². The second kappa shape index (κ2) is 6.00. The van der Waals surface area contributed by atoms with Gasteiger partial charge in [-0.3, -0.25) is 4.79 Å². The summed E-state index contributed by atoms with van der Waals surface area (Å²) < 4.78 is 10.5. The number of tetrazole rings is 1. The van der Waals surface area contributed by atoms with Gasteiger partial charge in [-0.05, 0) is 30.3 Å². The van der Waals surface area contributed by atoms with Crippen LogP contribution < -0.4 is 14.8 Å². The molecule has 0 aliphatic carbocycles. The third kappa shape index (κ3) is 2.85. The zero-order chi connectivity index (χ0) is 14.5. The predicted molar refractivity (Wildman–Crippen MR) is 69.6 cm³/mol. The number of hydrogen-bond donors (Lipinski definition) is 2. The third-order valence-electron chi connectivity index (χ3n) is 2.80. The number of carbonyl (C=O) groups is 1. The molecule has 0 saturated carbocycles. The Kier molecular flexibility index (Phi) is 4.14. The molecule has 1 aromatic carbocycles. The van der Waals surface area contributed by atoms with Crippen LogP contribution in [0.15, 0.2) is 18.2 Å². The summed E-state index contributed by atoms with van der Waals surface area (Å²) in [4.78, 5) is 11.9. The van der Waals surface area contributed by atoms with Gasteiger partial charge in [-0.1, -0.05) is 0 Å². The number of ether oxygens (including phenoxy) is 2. The smallest absolute Gasteiger partial charge is 0.293 e. The first-order valence-corrected chi connectivity index (χ1v) is 5.92. The number of carbonyl (C=O) groups excluding carboxylic acids is 1. The van der Waals surface area contributed by atoms with E-state index in [9.17, 15) is 4.79 Å². The van der Waals surface area contributed by atoms with Gasteiger partial charge >= 0.3 is 0 Å². The van der Waals surface area contributed by atoms with Crippen molar-refractivity contribution < 1.29 is 14.3 Å². The molecule has 106 valence electrons. The van der Waals surface area contributed by atoms with Gasteiger partial charge in [-0.15, -0.1) is 10.2 Å². The van der Waals surface area contributed by atoms with E-state index < -0.39 is 5.91 Å². The molecule has 20 heavy (non-hydrogen) atoms. The van der Waals surface area contributed by atoms with Gasteiger partial charge in [-0.25, -0.2) is 0 Å². The van der Waals surface area contributed by atoms with Crippen LogP contribution in [0, 0.1) is 0 Å². The third-order valence-corrected chi connectivity index (χ3v) is 2.80. The molecule has 2 N–H and O–H groups in total. The van der Waals surface area contributed by atoms with Crippen molar-refractivity contribution in [2.24, 2.45) is 0 Å². The maximum atomic E-state index is 11.9. The number of benzene rings is 1. The first kappa shape index (κ1) is 13.8. The fourth-order valence-electron chi connectivity index (χ4n) is 1.77. The van der Waals surface area contributed by atoms with E-state index in [0.717, 1.165) is 5.56 Å². The molecule has 1 unspecified atom stereocenters. The number of amides is 1.